The Bertz CT molecular complexity index is 928. The Labute approximate surface area is 189 Å². The zero-order valence-electron chi connectivity index (χ0n) is 19.0. The summed E-state index contributed by atoms with van der Waals surface area (Å²) in [5.74, 6) is 0.0687. The third kappa shape index (κ3) is 6.70. The fourth-order valence-corrected chi connectivity index (χ4v) is 3.70. The average molecular weight is 441 g/mol. The lowest BCUT2D eigenvalue weighted by Crippen LogP contribution is -2.39. The van der Waals surface area contributed by atoms with Gasteiger partial charge >= 0.3 is 0 Å². The number of hydrogen-bond donors (Lipinski definition) is 2. The van der Waals surface area contributed by atoms with E-state index in [1.54, 1.807) is 13.2 Å². The van der Waals surface area contributed by atoms with Crippen molar-refractivity contribution in [3.63, 3.8) is 0 Å². The molecule has 0 unspecified atom stereocenters. The van der Waals surface area contributed by atoms with Crippen molar-refractivity contribution in [3.8, 4) is 5.75 Å². The minimum Gasteiger partial charge on any atom is -0.495 e. The van der Waals surface area contributed by atoms with Crippen molar-refractivity contribution < 1.29 is 19.1 Å². The highest BCUT2D eigenvalue weighted by Gasteiger charge is 2.16. The van der Waals surface area contributed by atoms with Crippen molar-refractivity contribution in [3.05, 3.63) is 53.6 Å². The molecule has 0 radical (unpaired) electrons. The number of hydrogen-bond acceptors (Lipinski definition) is 6. The number of nitrogens with zero attached hydrogens (tertiary/aromatic N) is 2. The number of carbonyl (C=O) groups excluding carboxylic acids is 2. The van der Waals surface area contributed by atoms with Gasteiger partial charge in [-0.05, 0) is 43.3 Å². The molecule has 32 heavy (non-hydrogen) atoms. The molecule has 0 spiro atoms. The van der Waals surface area contributed by atoms with Gasteiger partial charge in [0, 0.05) is 25.3 Å². The number of rotatable bonds is 9. The summed E-state index contributed by atoms with van der Waals surface area (Å²) in [5.41, 5.74) is 3.93. The lowest BCUT2D eigenvalue weighted by molar-refractivity contribution is -0.124. The van der Waals surface area contributed by atoms with Gasteiger partial charge in [0.2, 0.25) is 11.8 Å². The third-order valence-corrected chi connectivity index (χ3v) is 5.27. The van der Waals surface area contributed by atoms with E-state index in [0.717, 1.165) is 37.4 Å². The molecule has 2 aromatic rings. The molecule has 2 aromatic carbocycles. The molecule has 0 aromatic heterocycles. The fraction of sp³-hybridized carbons (Fsp3) is 0.417. The van der Waals surface area contributed by atoms with Gasteiger partial charge in [-0.3, -0.25) is 14.5 Å². The van der Waals surface area contributed by atoms with Crippen LogP contribution in [0.3, 0.4) is 0 Å². The van der Waals surface area contributed by atoms with Crippen LogP contribution in [0.1, 0.15) is 11.1 Å². The smallest absolute Gasteiger partial charge is 0.243 e. The zero-order valence-corrected chi connectivity index (χ0v) is 19.0. The molecule has 1 aliphatic heterocycles. The van der Waals surface area contributed by atoms with Crippen LogP contribution in [-0.2, 0) is 20.9 Å². The van der Waals surface area contributed by atoms with Gasteiger partial charge in [-0.25, -0.2) is 0 Å². The number of carbonyl (C=O) groups is 2. The van der Waals surface area contributed by atoms with Crippen LogP contribution in [0.15, 0.2) is 42.5 Å². The Morgan fingerprint density at radius 3 is 2.62 bits per heavy atom. The van der Waals surface area contributed by atoms with Crippen molar-refractivity contribution in [2.45, 2.75) is 13.5 Å². The number of aryl methyl sites for hydroxylation is 1. The van der Waals surface area contributed by atoms with E-state index in [1.807, 2.05) is 43.1 Å². The SMILES string of the molecule is COc1ccc(C)cc1NC(=O)CNC(=O)CN(C)Cc1ccccc1N1CCOCC1. The molecule has 172 valence electrons. The van der Waals surface area contributed by atoms with Gasteiger partial charge in [0.15, 0.2) is 0 Å². The largest absolute Gasteiger partial charge is 0.495 e. The van der Waals surface area contributed by atoms with E-state index in [1.165, 1.54) is 5.69 Å². The second kappa shape index (κ2) is 11.5. The lowest BCUT2D eigenvalue weighted by Gasteiger charge is -2.31. The number of nitrogens with one attached hydrogen (secondary N) is 2. The van der Waals surface area contributed by atoms with Crippen LogP contribution >= 0.6 is 0 Å². The molecule has 2 amide bonds. The van der Waals surface area contributed by atoms with Crippen molar-refractivity contribution in [2.75, 3.05) is 63.8 Å². The van der Waals surface area contributed by atoms with Crippen LogP contribution in [0.4, 0.5) is 11.4 Å². The van der Waals surface area contributed by atoms with E-state index in [4.69, 9.17) is 9.47 Å². The van der Waals surface area contributed by atoms with Gasteiger partial charge in [-0.2, -0.15) is 0 Å². The van der Waals surface area contributed by atoms with E-state index >= 15 is 0 Å². The van der Waals surface area contributed by atoms with E-state index in [-0.39, 0.29) is 24.9 Å². The van der Waals surface area contributed by atoms with Crippen LogP contribution < -0.4 is 20.3 Å². The fourth-order valence-electron chi connectivity index (χ4n) is 3.70. The normalized spacial score (nSPS) is 13.7. The summed E-state index contributed by atoms with van der Waals surface area (Å²) in [6.45, 7) is 5.83. The van der Waals surface area contributed by atoms with Gasteiger partial charge < -0.3 is 25.0 Å². The molecule has 1 saturated heterocycles. The van der Waals surface area contributed by atoms with E-state index in [9.17, 15) is 9.59 Å². The number of amides is 2. The van der Waals surface area contributed by atoms with Crippen molar-refractivity contribution in [1.29, 1.82) is 0 Å². The number of benzene rings is 2. The van der Waals surface area contributed by atoms with Crippen LogP contribution in [-0.4, -0.2) is 70.3 Å². The standard InChI is InChI=1S/C24H32N4O4/c1-18-8-9-22(31-3)20(14-18)26-23(29)15-25-24(30)17-27(2)16-19-6-4-5-7-21(19)28-10-12-32-13-11-28/h4-9,14H,10-13,15-17H2,1-3H3,(H,25,30)(H,26,29). The summed E-state index contributed by atoms with van der Waals surface area (Å²) in [5, 5.41) is 5.48. The van der Waals surface area contributed by atoms with Gasteiger partial charge in [0.1, 0.15) is 5.75 Å². The molecular weight excluding hydrogens is 408 g/mol. The first kappa shape index (κ1) is 23.6. The van der Waals surface area contributed by atoms with Gasteiger partial charge in [0.25, 0.3) is 0 Å². The monoisotopic (exact) mass is 440 g/mol. The Morgan fingerprint density at radius 1 is 1.12 bits per heavy atom. The first-order valence-electron chi connectivity index (χ1n) is 10.8. The molecular formula is C24H32N4O4. The Morgan fingerprint density at radius 2 is 1.88 bits per heavy atom. The van der Waals surface area contributed by atoms with Crippen LogP contribution in [0, 0.1) is 6.92 Å². The van der Waals surface area contributed by atoms with Crippen LogP contribution in [0.25, 0.3) is 0 Å². The van der Waals surface area contributed by atoms with Crippen LogP contribution in [0.5, 0.6) is 5.75 Å². The number of para-hydroxylation sites is 1. The van der Waals surface area contributed by atoms with Gasteiger partial charge in [-0.15, -0.1) is 0 Å². The molecule has 8 nitrogen and oxygen atoms in total. The second-order valence-corrected chi connectivity index (χ2v) is 7.93. The topological polar surface area (TPSA) is 83.1 Å². The van der Waals surface area contributed by atoms with E-state index < -0.39 is 0 Å². The minimum absolute atomic E-state index is 0.103. The molecule has 0 bridgehead atoms. The number of anilines is 2. The summed E-state index contributed by atoms with van der Waals surface area (Å²) in [6.07, 6.45) is 0. The summed E-state index contributed by atoms with van der Waals surface area (Å²) in [7, 11) is 3.45. The maximum atomic E-state index is 12.4. The van der Waals surface area contributed by atoms with E-state index in [0.29, 0.717) is 18.0 Å². The average Bonchev–Trinajstić information content (AvgIpc) is 2.79. The minimum atomic E-state index is -0.303. The maximum Gasteiger partial charge on any atom is 0.243 e. The number of ether oxygens (including phenoxy) is 2. The molecule has 0 saturated carbocycles. The predicted molar refractivity (Wildman–Crippen MR) is 125 cm³/mol. The Hall–Kier alpha value is -3.10. The highest BCUT2D eigenvalue weighted by atomic mass is 16.5. The molecule has 1 heterocycles. The second-order valence-electron chi connectivity index (χ2n) is 7.93. The molecule has 1 aliphatic rings. The Kier molecular flexibility index (Phi) is 8.47. The Balaban J connectivity index is 1.48. The molecule has 3 rings (SSSR count). The van der Waals surface area contributed by atoms with Gasteiger partial charge in [0.05, 0.1) is 39.1 Å². The number of morpholine rings is 1. The lowest BCUT2D eigenvalue weighted by atomic mass is 10.1. The number of likely N-dealkylation sites (N-methyl/N-ethyl adjacent to an activating group) is 1. The van der Waals surface area contributed by atoms with E-state index in [2.05, 4.69) is 27.7 Å². The molecule has 0 atom stereocenters. The summed E-state index contributed by atoms with van der Waals surface area (Å²) >= 11 is 0. The number of methoxy groups -OCH3 is 1. The summed E-state index contributed by atoms with van der Waals surface area (Å²) in [6, 6.07) is 13.8. The first-order chi connectivity index (χ1) is 15.5. The van der Waals surface area contributed by atoms with Crippen molar-refractivity contribution in [2.24, 2.45) is 0 Å². The summed E-state index contributed by atoms with van der Waals surface area (Å²) in [4.78, 5) is 28.9. The molecule has 8 heteroatoms. The highest BCUT2D eigenvalue weighted by Crippen LogP contribution is 2.25. The first-order valence-corrected chi connectivity index (χ1v) is 10.8. The van der Waals surface area contributed by atoms with Crippen LogP contribution in [0.2, 0.25) is 0 Å². The summed E-state index contributed by atoms with van der Waals surface area (Å²) < 4.78 is 10.7. The zero-order chi connectivity index (χ0) is 22.9. The molecule has 1 fully saturated rings. The van der Waals surface area contributed by atoms with Crippen molar-refractivity contribution >= 4 is 23.2 Å². The quantitative estimate of drug-likeness (QED) is 0.621. The van der Waals surface area contributed by atoms with Crippen molar-refractivity contribution in [1.82, 2.24) is 10.2 Å². The molecule has 2 N–H and O–H groups in total. The highest BCUT2D eigenvalue weighted by molar-refractivity contribution is 5.96. The molecule has 0 aliphatic carbocycles. The van der Waals surface area contributed by atoms with Gasteiger partial charge in [-0.1, -0.05) is 24.3 Å². The predicted octanol–water partition coefficient (Wildman–Crippen LogP) is 2.03. The maximum absolute atomic E-state index is 12.4. The third-order valence-electron chi connectivity index (χ3n) is 5.27.